The van der Waals surface area contributed by atoms with Gasteiger partial charge in [0.05, 0.1) is 6.33 Å². The molecule has 0 amide bonds. The van der Waals surface area contributed by atoms with Crippen molar-refractivity contribution in [3.05, 3.63) is 27.2 Å². The zero-order valence-electron chi connectivity index (χ0n) is 10.3. The largest absolute Gasteiger partial charge is 0.332 e. The molecular formula is C11H16N4O2. The molecule has 0 aliphatic rings. The van der Waals surface area contributed by atoms with Crippen LogP contribution in [-0.2, 0) is 20.6 Å². The van der Waals surface area contributed by atoms with E-state index in [-0.39, 0.29) is 11.2 Å². The van der Waals surface area contributed by atoms with Gasteiger partial charge in [0.15, 0.2) is 11.2 Å². The Morgan fingerprint density at radius 2 is 2.00 bits per heavy atom. The second-order valence-corrected chi connectivity index (χ2v) is 4.18. The second-order valence-electron chi connectivity index (χ2n) is 4.18. The first-order valence-corrected chi connectivity index (χ1v) is 5.68. The Morgan fingerprint density at radius 3 is 2.65 bits per heavy atom. The average Bonchev–Trinajstić information content (AvgIpc) is 2.69. The van der Waals surface area contributed by atoms with Gasteiger partial charge in [-0.2, -0.15) is 0 Å². The van der Waals surface area contributed by atoms with Crippen LogP contribution >= 0.6 is 0 Å². The molecule has 0 aliphatic heterocycles. The Hall–Kier alpha value is -1.85. The summed E-state index contributed by atoms with van der Waals surface area (Å²) >= 11 is 0. The number of rotatable bonds is 3. The third kappa shape index (κ3) is 1.69. The molecule has 0 aromatic carbocycles. The van der Waals surface area contributed by atoms with E-state index in [0.717, 1.165) is 12.8 Å². The van der Waals surface area contributed by atoms with Gasteiger partial charge < -0.3 is 4.57 Å². The summed E-state index contributed by atoms with van der Waals surface area (Å²) in [6.45, 7) is 2.49. The standard InChI is InChI=1S/C11H16N4O2/c1-4-5-6-15-10(16)8-9(12-7-13(8)2)14(3)11(15)17/h7H,4-6H2,1-3H3. The summed E-state index contributed by atoms with van der Waals surface area (Å²) in [6, 6.07) is 0. The van der Waals surface area contributed by atoms with Crippen LogP contribution in [0.2, 0.25) is 0 Å². The zero-order valence-corrected chi connectivity index (χ0v) is 10.3. The fraction of sp³-hybridized carbons (Fsp3) is 0.545. The number of imidazole rings is 1. The fourth-order valence-corrected chi connectivity index (χ4v) is 1.91. The summed E-state index contributed by atoms with van der Waals surface area (Å²) in [4.78, 5) is 28.2. The van der Waals surface area contributed by atoms with Crippen LogP contribution in [0.1, 0.15) is 19.8 Å². The van der Waals surface area contributed by atoms with E-state index in [1.807, 2.05) is 6.92 Å². The van der Waals surface area contributed by atoms with Crippen molar-refractivity contribution in [1.82, 2.24) is 18.7 Å². The number of aromatic nitrogens is 4. The van der Waals surface area contributed by atoms with Crippen molar-refractivity contribution in [2.45, 2.75) is 26.3 Å². The van der Waals surface area contributed by atoms with Crippen molar-refractivity contribution in [2.75, 3.05) is 0 Å². The Balaban J connectivity index is 2.80. The maximum absolute atomic E-state index is 12.2. The lowest BCUT2D eigenvalue weighted by Gasteiger charge is -2.07. The summed E-state index contributed by atoms with van der Waals surface area (Å²) < 4.78 is 4.36. The van der Waals surface area contributed by atoms with Gasteiger partial charge in [-0.3, -0.25) is 13.9 Å². The highest BCUT2D eigenvalue weighted by Crippen LogP contribution is 2.03. The van der Waals surface area contributed by atoms with Crippen LogP contribution in [0, 0.1) is 0 Å². The molecule has 17 heavy (non-hydrogen) atoms. The molecule has 0 saturated carbocycles. The molecule has 0 unspecified atom stereocenters. The molecule has 0 N–H and O–H groups in total. The number of unbranched alkanes of at least 4 members (excludes halogenated alkanes) is 1. The van der Waals surface area contributed by atoms with Crippen molar-refractivity contribution in [1.29, 1.82) is 0 Å². The molecule has 0 radical (unpaired) electrons. The monoisotopic (exact) mass is 236 g/mol. The predicted octanol–water partition coefficient (Wildman–Crippen LogP) is 0.234. The van der Waals surface area contributed by atoms with Gasteiger partial charge in [-0.25, -0.2) is 9.78 Å². The van der Waals surface area contributed by atoms with E-state index >= 15 is 0 Å². The highest BCUT2D eigenvalue weighted by Gasteiger charge is 2.13. The average molecular weight is 236 g/mol. The van der Waals surface area contributed by atoms with Crippen molar-refractivity contribution in [3.63, 3.8) is 0 Å². The molecule has 2 aromatic rings. The third-order valence-corrected chi connectivity index (χ3v) is 2.94. The van der Waals surface area contributed by atoms with Gasteiger partial charge in [-0.15, -0.1) is 0 Å². The first kappa shape index (κ1) is 11.6. The van der Waals surface area contributed by atoms with Gasteiger partial charge in [-0.1, -0.05) is 13.3 Å². The van der Waals surface area contributed by atoms with Crippen LogP contribution in [0.4, 0.5) is 0 Å². The van der Waals surface area contributed by atoms with Crippen LogP contribution in [0.15, 0.2) is 15.9 Å². The molecule has 6 nitrogen and oxygen atoms in total. The molecule has 2 rings (SSSR count). The van der Waals surface area contributed by atoms with Gasteiger partial charge >= 0.3 is 5.69 Å². The van der Waals surface area contributed by atoms with E-state index in [1.54, 1.807) is 25.0 Å². The lowest BCUT2D eigenvalue weighted by Crippen LogP contribution is -2.39. The van der Waals surface area contributed by atoms with Gasteiger partial charge in [-0.05, 0) is 6.42 Å². The molecule has 2 heterocycles. The Morgan fingerprint density at radius 1 is 1.29 bits per heavy atom. The smallest absolute Gasteiger partial charge is 0.328 e. The van der Waals surface area contributed by atoms with Gasteiger partial charge in [0, 0.05) is 20.6 Å². The molecule has 0 spiro atoms. The van der Waals surface area contributed by atoms with Crippen LogP contribution in [-0.4, -0.2) is 18.7 Å². The van der Waals surface area contributed by atoms with Crippen molar-refractivity contribution >= 4 is 11.2 Å². The van der Waals surface area contributed by atoms with Gasteiger partial charge in [0.1, 0.15) is 0 Å². The highest BCUT2D eigenvalue weighted by molar-refractivity contribution is 5.69. The van der Waals surface area contributed by atoms with Crippen LogP contribution in [0.5, 0.6) is 0 Å². The molecule has 0 fully saturated rings. The first-order valence-electron chi connectivity index (χ1n) is 5.68. The van der Waals surface area contributed by atoms with E-state index in [2.05, 4.69) is 4.98 Å². The summed E-state index contributed by atoms with van der Waals surface area (Å²) in [6.07, 6.45) is 3.31. The van der Waals surface area contributed by atoms with E-state index < -0.39 is 0 Å². The number of aryl methyl sites for hydroxylation is 2. The maximum atomic E-state index is 12.2. The normalized spacial score (nSPS) is 11.2. The summed E-state index contributed by atoms with van der Waals surface area (Å²) in [5, 5.41) is 0. The molecule has 2 aromatic heterocycles. The molecular weight excluding hydrogens is 220 g/mol. The minimum absolute atomic E-state index is 0.253. The van der Waals surface area contributed by atoms with Crippen molar-refractivity contribution in [3.8, 4) is 0 Å². The van der Waals surface area contributed by atoms with Crippen LogP contribution < -0.4 is 11.2 Å². The highest BCUT2D eigenvalue weighted by atomic mass is 16.2. The maximum Gasteiger partial charge on any atom is 0.332 e. The molecule has 0 aliphatic carbocycles. The van der Waals surface area contributed by atoms with E-state index in [4.69, 9.17) is 0 Å². The fourth-order valence-electron chi connectivity index (χ4n) is 1.91. The lowest BCUT2D eigenvalue weighted by molar-refractivity contribution is 0.565. The first-order chi connectivity index (χ1) is 8.07. The van der Waals surface area contributed by atoms with Crippen LogP contribution in [0.3, 0.4) is 0 Å². The minimum Gasteiger partial charge on any atom is -0.328 e. The molecule has 0 atom stereocenters. The lowest BCUT2D eigenvalue weighted by atomic mass is 10.3. The Labute approximate surface area is 98.1 Å². The number of nitrogens with zero attached hydrogens (tertiary/aromatic N) is 4. The number of fused-ring (bicyclic) bond motifs is 1. The molecule has 0 saturated heterocycles. The second kappa shape index (κ2) is 4.20. The summed E-state index contributed by atoms with van der Waals surface area (Å²) in [7, 11) is 3.39. The SMILES string of the molecule is CCCCn1c(=O)c2c(ncn2C)n(C)c1=O. The quantitative estimate of drug-likeness (QED) is 0.766. The third-order valence-electron chi connectivity index (χ3n) is 2.94. The zero-order chi connectivity index (χ0) is 12.6. The molecule has 0 bridgehead atoms. The van der Waals surface area contributed by atoms with Crippen LogP contribution in [0.25, 0.3) is 11.2 Å². The van der Waals surface area contributed by atoms with Gasteiger partial charge in [0.25, 0.3) is 5.56 Å². The Kier molecular flexibility index (Phi) is 2.87. The van der Waals surface area contributed by atoms with Crippen molar-refractivity contribution < 1.29 is 0 Å². The van der Waals surface area contributed by atoms with Gasteiger partial charge in [0.2, 0.25) is 0 Å². The number of hydrogen-bond acceptors (Lipinski definition) is 3. The number of hydrogen-bond donors (Lipinski definition) is 0. The topological polar surface area (TPSA) is 61.8 Å². The summed E-state index contributed by atoms with van der Waals surface area (Å²) in [5.41, 5.74) is 0.365. The van der Waals surface area contributed by atoms with E-state index in [0.29, 0.717) is 17.7 Å². The van der Waals surface area contributed by atoms with E-state index in [9.17, 15) is 9.59 Å². The Bertz CT molecular complexity index is 662. The predicted molar refractivity (Wildman–Crippen MR) is 65.1 cm³/mol. The van der Waals surface area contributed by atoms with E-state index in [1.165, 1.54) is 9.13 Å². The molecule has 6 heteroatoms. The van der Waals surface area contributed by atoms with Crippen molar-refractivity contribution in [2.24, 2.45) is 14.1 Å². The summed E-state index contributed by atoms with van der Waals surface area (Å²) in [5.74, 6) is 0. The molecule has 92 valence electrons. The minimum atomic E-state index is -0.297.